The number of nitrogens with one attached hydrogen (secondary N) is 3. The monoisotopic (exact) mass is 218 g/mol. The molecule has 0 aliphatic rings. The van der Waals surface area contributed by atoms with E-state index >= 15 is 0 Å². The van der Waals surface area contributed by atoms with E-state index in [1.165, 1.54) is 6.92 Å². The average Bonchev–Trinajstić information content (AvgIpc) is 2.21. The van der Waals surface area contributed by atoms with Gasteiger partial charge in [0.1, 0.15) is 6.23 Å². The van der Waals surface area contributed by atoms with Crippen molar-refractivity contribution in [3.8, 4) is 0 Å². The summed E-state index contributed by atoms with van der Waals surface area (Å²) in [5.41, 5.74) is 6.69. The standard InChI is InChI=1S/C8H18N4O3/c1-6(13)11-12-8(15)5-3-2-4-7(14)10-9/h6,11,13H,2-5,9H2,1H3,(H,10,14)(H,12,15). The smallest absolute Gasteiger partial charge is 0.234 e. The summed E-state index contributed by atoms with van der Waals surface area (Å²) in [6, 6.07) is 0. The van der Waals surface area contributed by atoms with Crippen LogP contribution in [0, 0.1) is 0 Å². The van der Waals surface area contributed by atoms with Gasteiger partial charge in [0.25, 0.3) is 0 Å². The number of rotatable bonds is 7. The molecule has 1 unspecified atom stereocenters. The quantitative estimate of drug-likeness (QED) is 0.117. The Kier molecular flexibility index (Phi) is 7.51. The maximum absolute atomic E-state index is 11.1. The van der Waals surface area contributed by atoms with Crippen LogP contribution in [-0.2, 0) is 9.59 Å². The lowest BCUT2D eigenvalue weighted by Gasteiger charge is -2.08. The van der Waals surface area contributed by atoms with Crippen LogP contribution >= 0.6 is 0 Å². The fraction of sp³-hybridized carbons (Fsp3) is 0.750. The third-order valence-electron chi connectivity index (χ3n) is 1.64. The van der Waals surface area contributed by atoms with Crippen molar-refractivity contribution in [1.29, 1.82) is 0 Å². The van der Waals surface area contributed by atoms with Crippen LogP contribution in [-0.4, -0.2) is 23.1 Å². The molecular formula is C8H18N4O3. The molecule has 0 aromatic heterocycles. The molecule has 0 saturated carbocycles. The van der Waals surface area contributed by atoms with Crippen molar-refractivity contribution in [3.05, 3.63) is 0 Å². The molecule has 0 saturated heterocycles. The largest absolute Gasteiger partial charge is 0.377 e. The number of unbranched alkanes of at least 4 members (excludes halogenated alkanes) is 1. The van der Waals surface area contributed by atoms with Crippen molar-refractivity contribution in [3.63, 3.8) is 0 Å². The number of carbonyl (C=O) groups excluding carboxylic acids is 2. The molecule has 0 rings (SSSR count). The van der Waals surface area contributed by atoms with Gasteiger partial charge < -0.3 is 5.11 Å². The predicted octanol–water partition coefficient (Wildman–Crippen LogP) is -1.50. The summed E-state index contributed by atoms with van der Waals surface area (Å²) in [7, 11) is 0. The Hall–Kier alpha value is -1.18. The van der Waals surface area contributed by atoms with E-state index < -0.39 is 6.23 Å². The average molecular weight is 218 g/mol. The van der Waals surface area contributed by atoms with E-state index in [0.717, 1.165) is 0 Å². The first-order valence-electron chi connectivity index (χ1n) is 4.78. The number of hydrazine groups is 2. The topological polar surface area (TPSA) is 116 Å². The minimum absolute atomic E-state index is 0.218. The first kappa shape index (κ1) is 13.8. The molecule has 0 radical (unpaired) electrons. The molecule has 6 N–H and O–H groups in total. The number of aliphatic hydroxyl groups is 1. The molecule has 0 heterocycles. The first-order chi connectivity index (χ1) is 7.06. The SMILES string of the molecule is CC(O)NNC(=O)CCCCC(=O)NN. The lowest BCUT2D eigenvalue weighted by molar-refractivity contribution is -0.124. The molecule has 15 heavy (non-hydrogen) atoms. The fourth-order valence-corrected chi connectivity index (χ4v) is 0.891. The van der Waals surface area contributed by atoms with E-state index in [1.54, 1.807) is 0 Å². The Bertz CT molecular complexity index is 208. The van der Waals surface area contributed by atoms with Gasteiger partial charge >= 0.3 is 0 Å². The first-order valence-corrected chi connectivity index (χ1v) is 4.78. The Labute approximate surface area is 88.3 Å². The highest BCUT2D eigenvalue weighted by atomic mass is 16.3. The zero-order valence-electron chi connectivity index (χ0n) is 8.75. The van der Waals surface area contributed by atoms with Gasteiger partial charge in [0, 0.05) is 12.8 Å². The molecule has 88 valence electrons. The number of nitrogens with two attached hydrogens (primary N) is 1. The molecule has 7 nitrogen and oxygen atoms in total. The maximum Gasteiger partial charge on any atom is 0.234 e. The van der Waals surface area contributed by atoms with Gasteiger partial charge in [-0.2, -0.15) is 0 Å². The molecule has 0 aliphatic heterocycles. The van der Waals surface area contributed by atoms with Crippen molar-refractivity contribution in [2.75, 3.05) is 0 Å². The lowest BCUT2D eigenvalue weighted by Crippen LogP contribution is -2.42. The predicted molar refractivity (Wildman–Crippen MR) is 53.8 cm³/mol. The van der Waals surface area contributed by atoms with E-state index in [-0.39, 0.29) is 11.8 Å². The molecule has 1 atom stereocenters. The van der Waals surface area contributed by atoms with Gasteiger partial charge in [-0.1, -0.05) is 0 Å². The molecule has 2 amide bonds. The zero-order chi connectivity index (χ0) is 11.7. The summed E-state index contributed by atoms with van der Waals surface area (Å²) in [6.07, 6.45) is 1.04. The maximum atomic E-state index is 11.1. The van der Waals surface area contributed by atoms with Crippen LogP contribution < -0.4 is 22.1 Å². The molecule has 0 spiro atoms. The number of carbonyl (C=O) groups is 2. The van der Waals surface area contributed by atoms with Gasteiger partial charge in [0.2, 0.25) is 11.8 Å². The van der Waals surface area contributed by atoms with Crippen LogP contribution in [0.4, 0.5) is 0 Å². The summed E-state index contributed by atoms with van der Waals surface area (Å²) in [4.78, 5) is 21.7. The van der Waals surface area contributed by atoms with Crippen molar-refractivity contribution in [2.45, 2.75) is 38.8 Å². The Morgan fingerprint density at radius 3 is 2.27 bits per heavy atom. The van der Waals surface area contributed by atoms with Crippen molar-refractivity contribution >= 4 is 11.8 Å². The molecule has 7 heteroatoms. The summed E-state index contributed by atoms with van der Waals surface area (Å²) < 4.78 is 0. The second kappa shape index (κ2) is 8.16. The number of hydrogen-bond acceptors (Lipinski definition) is 5. The highest BCUT2D eigenvalue weighted by molar-refractivity contribution is 5.76. The van der Waals surface area contributed by atoms with Crippen LogP contribution in [0.15, 0.2) is 0 Å². The van der Waals surface area contributed by atoms with E-state index in [0.29, 0.717) is 25.7 Å². The molecule has 0 aromatic rings. The molecular weight excluding hydrogens is 200 g/mol. The van der Waals surface area contributed by atoms with Crippen molar-refractivity contribution < 1.29 is 14.7 Å². The third-order valence-corrected chi connectivity index (χ3v) is 1.64. The zero-order valence-corrected chi connectivity index (χ0v) is 8.75. The van der Waals surface area contributed by atoms with Gasteiger partial charge in [-0.25, -0.2) is 11.3 Å². The molecule has 0 fully saturated rings. The lowest BCUT2D eigenvalue weighted by atomic mass is 10.2. The van der Waals surface area contributed by atoms with E-state index in [4.69, 9.17) is 10.9 Å². The fourth-order valence-electron chi connectivity index (χ4n) is 0.891. The summed E-state index contributed by atoms with van der Waals surface area (Å²) in [6.45, 7) is 1.49. The second-order valence-electron chi connectivity index (χ2n) is 3.14. The second-order valence-corrected chi connectivity index (χ2v) is 3.14. The van der Waals surface area contributed by atoms with Crippen LogP contribution in [0.3, 0.4) is 0 Å². The van der Waals surface area contributed by atoms with Gasteiger partial charge in [-0.05, 0) is 19.8 Å². The summed E-state index contributed by atoms with van der Waals surface area (Å²) in [5, 5.41) is 8.78. The third kappa shape index (κ3) is 9.13. The van der Waals surface area contributed by atoms with E-state index in [1.807, 2.05) is 5.43 Å². The number of amides is 2. The Balaban J connectivity index is 3.35. The highest BCUT2D eigenvalue weighted by Crippen LogP contribution is 1.98. The molecule has 0 bridgehead atoms. The van der Waals surface area contributed by atoms with E-state index in [2.05, 4.69) is 10.9 Å². The van der Waals surface area contributed by atoms with Crippen LogP contribution in [0.25, 0.3) is 0 Å². The van der Waals surface area contributed by atoms with Crippen LogP contribution in [0.5, 0.6) is 0 Å². The van der Waals surface area contributed by atoms with E-state index in [9.17, 15) is 9.59 Å². The van der Waals surface area contributed by atoms with Gasteiger partial charge in [-0.15, -0.1) is 0 Å². The van der Waals surface area contributed by atoms with Crippen LogP contribution in [0.2, 0.25) is 0 Å². The number of aliphatic hydroxyl groups excluding tert-OH is 1. The summed E-state index contributed by atoms with van der Waals surface area (Å²) in [5.74, 6) is 4.42. The highest BCUT2D eigenvalue weighted by Gasteiger charge is 2.03. The van der Waals surface area contributed by atoms with Gasteiger partial charge in [0.15, 0.2) is 0 Å². The minimum atomic E-state index is -0.781. The normalized spacial score (nSPS) is 11.9. The molecule has 0 aromatic carbocycles. The van der Waals surface area contributed by atoms with Gasteiger partial charge in [-0.3, -0.25) is 20.4 Å². The summed E-state index contributed by atoms with van der Waals surface area (Å²) >= 11 is 0. The molecule has 0 aliphatic carbocycles. The Morgan fingerprint density at radius 2 is 1.80 bits per heavy atom. The Morgan fingerprint density at radius 1 is 1.27 bits per heavy atom. The number of hydrogen-bond donors (Lipinski definition) is 5. The van der Waals surface area contributed by atoms with Crippen molar-refractivity contribution in [1.82, 2.24) is 16.3 Å². The van der Waals surface area contributed by atoms with Gasteiger partial charge in [0.05, 0.1) is 0 Å². The van der Waals surface area contributed by atoms with Crippen LogP contribution in [0.1, 0.15) is 32.6 Å². The van der Waals surface area contributed by atoms with Crippen molar-refractivity contribution in [2.24, 2.45) is 5.84 Å². The minimum Gasteiger partial charge on any atom is -0.377 e.